The van der Waals surface area contributed by atoms with Crippen LogP contribution >= 0.6 is 11.6 Å². The molecule has 170 valence electrons. The number of hydrogen-bond acceptors (Lipinski definition) is 3. The SMILES string of the molecule is O=C1CCCN1Cc1ccc(-c2ccccc2CNS(=O)(=O)/C=C/c2ccc(Cl)cc2)cc1. The first-order valence-electron chi connectivity index (χ1n) is 10.8. The minimum atomic E-state index is -3.61. The number of rotatable bonds is 8. The predicted octanol–water partition coefficient (Wildman–Crippen LogP) is 5.22. The second-order valence-electron chi connectivity index (χ2n) is 7.99. The van der Waals surface area contributed by atoms with Crippen LogP contribution in [0.5, 0.6) is 0 Å². The number of halogens is 1. The van der Waals surface area contributed by atoms with Crippen molar-refractivity contribution in [2.45, 2.75) is 25.9 Å². The Balaban J connectivity index is 1.44. The van der Waals surface area contributed by atoms with Gasteiger partial charge in [-0.25, -0.2) is 13.1 Å². The molecule has 33 heavy (non-hydrogen) atoms. The van der Waals surface area contributed by atoms with Gasteiger partial charge < -0.3 is 4.90 Å². The summed E-state index contributed by atoms with van der Waals surface area (Å²) in [5.41, 5.74) is 4.67. The van der Waals surface area contributed by atoms with Gasteiger partial charge in [0.1, 0.15) is 0 Å². The summed E-state index contributed by atoms with van der Waals surface area (Å²) in [7, 11) is -3.61. The molecular weight excluding hydrogens is 456 g/mol. The van der Waals surface area contributed by atoms with Crippen molar-refractivity contribution in [1.82, 2.24) is 9.62 Å². The first kappa shape index (κ1) is 23.2. The highest BCUT2D eigenvalue weighted by atomic mass is 35.5. The zero-order chi connectivity index (χ0) is 23.3. The lowest BCUT2D eigenvalue weighted by molar-refractivity contribution is -0.128. The lowest BCUT2D eigenvalue weighted by Gasteiger charge is -2.16. The van der Waals surface area contributed by atoms with Gasteiger partial charge in [-0.05, 0) is 52.4 Å². The Kier molecular flexibility index (Phi) is 7.28. The largest absolute Gasteiger partial charge is 0.338 e. The summed E-state index contributed by atoms with van der Waals surface area (Å²) in [6.45, 7) is 1.62. The summed E-state index contributed by atoms with van der Waals surface area (Å²) >= 11 is 5.87. The molecule has 1 saturated heterocycles. The molecule has 1 heterocycles. The first-order chi connectivity index (χ1) is 15.9. The summed E-state index contributed by atoms with van der Waals surface area (Å²) in [5.74, 6) is 0.210. The van der Waals surface area contributed by atoms with Crippen molar-refractivity contribution in [2.75, 3.05) is 6.54 Å². The van der Waals surface area contributed by atoms with Crippen molar-refractivity contribution in [3.8, 4) is 11.1 Å². The van der Waals surface area contributed by atoms with E-state index in [1.54, 1.807) is 24.3 Å². The molecule has 0 atom stereocenters. The number of nitrogens with zero attached hydrogens (tertiary/aromatic N) is 1. The fourth-order valence-electron chi connectivity index (χ4n) is 3.81. The Bertz CT molecular complexity index is 1250. The van der Waals surface area contributed by atoms with Crippen molar-refractivity contribution in [3.63, 3.8) is 0 Å². The van der Waals surface area contributed by atoms with Gasteiger partial charge in [0.25, 0.3) is 0 Å². The van der Waals surface area contributed by atoms with E-state index in [0.29, 0.717) is 18.0 Å². The van der Waals surface area contributed by atoms with E-state index in [-0.39, 0.29) is 12.5 Å². The van der Waals surface area contributed by atoms with Gasteiger partial charge in [-0.1, -0.05) is 72.3 Å². The standard InChI is InChI=1S/C26H25ClN2O3S/c27-24-13-9-20(10-14-24)15-17-33(31,32)28-18-23-4-1-2-5-25(23)22-11-7-21(8-12-22)19-29-16-3-6-26(29)30/h1-2,4-5,7-15,17,28H,3,6,16,18-19H2/b17-15+. The van der Waals surface area contributed by atoms with Crippen molar-refractivity contribution < 1.29 is 13.2 Å². The van der Waals surface area contributed by atoms with Gasteiger partial charge in [-0.3, -0.25) is 4.79 Å². The maximum absolute atomic E-state index is 12.5. The van der Waals surface area contributed by atoms with Crippen LogP contribution in [0.15, 0.2) is 78.2 Å². The fourth-order valence-corrected chi connectivity index (χ4v) is 4.72. The highest BCUT2D eigenvalue weighted by Gasteiger charge is 2.20. The van der Waals surface area contributed by atoms with Crippen LogP contribution in [0.4, 0.5) is 0 Å². The van der Waals surface area contributed by atoms with Crippen LogP contribution in [0.1, 0.15) is 29.5 Å². The molecule has 7 heteroatoms. The highest BCUT2D eigenvalue weighted by Crippen LogP contribution is 2.25. The Morgan fingerprint density at radius 3 is 2.39 bits per heavy atom. The van der Waals surface area contributed by atoms with Crippen LogP contribution in [-0.4, -0.2) is 25.8 Å². The average molecular weight is 481 g/mol. The summed E-state index contributed by atoms with van der Waals surface area (Å²) in [6, 6.07) is 22.7. The van der Waals surface area contributed by atoms with Crippen LogP contribution < -0.4 is 4.72 Å². The van der Waals surface area contributed by atoms with Gasteiger partial charge in [-0.2, -0.15) is 0 Å². The third-order valence-corrected chi connectivity index (χ3v) is 6.89. The topological polar surface area (TPSA) is 66.5 Å². The van der Waals surface area contributed by atoms with E-state index >= 15 is 0 Å². The molecule has 5 nitrogen and oxygen atoms in total. The Morgan fingerprint density at radius 2 is 1.70 bits per heavy atom. The molecule has 1 N–H and O–H groups in total. The van der Waals surface area contributed by atoms with E-state index in [2.05, 4.69) is 4.72 Å². The minimum absolute atomic E-state index is 0.174. The number of hydrogen-bond donors (Lipinski definition) is 1. The number of carbonyl (C=O) groups is 1. The van der Waals surface area contributed by atoms with E-state index in [9.17, 15) is 13.2 Å². The predicted molar refractivity (Wildman–Crippen MR) is 133 cm³/mol. The number of benzene rings is 3. The molecule has 1 fully saturated rings. The van der Waals surface area contributed by atoms with Crippen molar-refractivity contribution >= 4 is 33.6 Å². The van der Waals surface area contributed by atoms with E-state index in [0.717, 1.165) is 46.2 Å². The van der Waals surface area contributed by atoms with Crippen LogP contribution in [-0.2, 0) is 27.9 Å². The molecule has 0 aromatic heterocycles. The number of nitrogens with one attached hydrogen (secondary N) is 1. The smallest absolute Gasteiger partial charge is 0.234 e. The van der Waals surface area contributed by atoms with E-state index < -0.39 is 10.0 Å². The molecule has 1 aliphatic rings. The Hall–Kier alpha value is -2.93. The average Bonchev–Trinajstić information content (AvgIpc) is 3.22. The van der Waals surface area contributed by atoms with Gasteiger partial charge >= 0.3 is 0 Å². The molecule has 0 radical (unpaired) electrons. The second kappa shape index (κ2) is 10.3. The molecule has 0 bridgehead atoms. The van der Waals surface area contributed by atoms with Gasteiger partial charge in [0, 0.05) is 36.5 Å². The van der Waals surface area contributed by atoms with E-state index in [1.807, 2.05) is 53.4 Å². The number of carbonyl (C=O) groups excluding carboxylic acids is 1. The first-order valence-corrected chi connectivity index (χ1v) is 12.7. The normalized spacial score (nSPS) is 14.3. The summed E-state index contributed by atoms with van der Waals surface area (Å²) in [5, 5.41) is 1.76. The number of likely N-dealkylation sites (tertiary alicyclic amines) is 1. The van der Waals surface area contributed by atoms with Gasteiger partial charge in [0.2, 0.25) is 15.9 Å². The molecule has 0 saturated carbocycles. The maximum atomic E-state index is 12.5. The lowest BCUT2D eigenvalue weighted by atomic mass is 9.98. The van der Waals surface area contributed by atoms with Crippen LogP contribution in [0.25, 0.3) is 17.2 Å². The summed E-state index contributed by atoms with van der Waals surface area (Å²) in [6.07, 6.45) is 3.10. The van der Waals surface area contributed by atoms with Gasteiger partial charge in [0.15, 0.2) is 0 Å². The quantitative estimate of drug-likeness (QED) is 0.480. The fraction of sp³-hybridized carbons (Fsp3) is 0.192. The minimum Gasteiger partial charge on any atom is -0.338 e. The molecule has 3 aromatic rings. The maximum Gasteiger partial charge on any atom is 0.234 e. The zero-order valence-electron chi connectivity index (χ0n) is 18.1. The molecule has 0 spiro atoms. The van der Waals surface area contributed by atoms with Gasteiger partial charge in [0.05, 0.1) is 0 Å². The molecule has 4 rings (SSSR count). The Morgan fingerprint density at radius 1 is 0.970 bits per heavy atom. The monoisotopic (exact) mass is 480 g/mol. The molecule has 3 aromatic carbocycles. The Labute approximate surface area is 199 Å². The van der Waals surface area contributed by atoms with Crippen LogP contribution in [0, 0.1) is 0 Å². The van der Waals surface area contributed by atoms with E-state index in [4.69, 9.17) is 11.6 Å². The van der Waals surface area contributed by atoms with Crippen LogP contribution in [0.3, 0.4) is 0 Å². The van der Waals surface area contributed by atoms with Crippen molar-refractivity contribution in [1.29, 1.82) is 0 Å². The van der Waals surface area contributed by atoms with Crippen molar-refractivity contribution in [2.24, 2.45) is 0 Å². The molecule has 1 amide bonds. The van der Waals surface area contributed by atoms with Crippen LogP contribution in [0.2, 0.25) is 5.02 Å². The summed E-state index contributed by atoms with van der Waals surface area (Å²) in [4.78, 5) is 13.7. The number of sulfonamides is 1. The highest BCUT2D eigenvalue weighted by molar-refractivity contribution is 7.92. The molecular formula is C26H25ClN2O3S. The summed E-state index contributed by atoms with van der Waals surface area (Å²) < 4.78 is 27.6. The van der Waals surface area contributed by atoms with Gasteiger partial charge in [-0.15, -0.1) is 0 Å². The van der Waals surface area contributed by atoms with Crippen molar-refractivity contribution in [3.05, 3.63) is 99.9 Å². The van der Waals surface area contributed by atoms with E-state index in [1.165, 1.54) is 6.08 Å². The third-order valence-electron chi connectivity index (χ3n) is 5.60. The number of amides is 1. The molecule has 1 aliphatic heterocycles. The lowest BCUT2D eigenvalue weighted by Crippen LogP contribution is -2.23. The molecule has 0 aliphatic carbocycles. The second-order valence-corrected chi connectivity index (χ2v) is 10.1. The zero-order valence-corrected chi connectivity index (χ0v) is 19.6. The third kappa shape index (κ3) is 6.32. The molecule has 0 unspecified atom stereocenters.